The van der Waals surface area contributed by atoms with E-state index < -0.39 is 0 Å². The minimum atomic E-state index is 0.213. The van der Waals surface area contributed by atoms with E-state index in [0.717, 1.165) is 13.1 Å². The van der Waals surface area contributed by atoms with Gasteiger partial charge in [0.05, 0.1) is 6.17 Å². The lowest BCUT2D eigenvalue weighted by molar-refractivity contribution is 0.236. The Labute approximate surface area is 51.7 Å². The molecule has 1 atom stereocenters. The molecule has 2 nitrogen and oxygen atoms in total. The molecule has 0 unspecified atom stereocenters. The molecule has 0 fully saturated rings. The fourth-order valence-corrected chi connectivity index (χ4v) is 0.800. The van der Waals surface area contributed by atoms with Crippen molar-refractivity contribution in [1.29, 1.82) is 0 Å². The fraction of sp³-hybridized carbons (Fsp3) is 1.00. The van der Waals surface area contributed by atoms with E-state index in [1.54, 1.807) is 0 Å². The minimum absolute atomic E-state index is 0.213. The Hall–Kier alpha value is -0.0800. The molecule has 0 aromatic carbocycles. The normalized spacial score (nSPS) is 14.6. The Morgan fingerprint density at radius 1 is 1.38 bits per heavy atom. The van der Waals surface area contributed by atoms with E-state index in [-0.39, 0.29) is 6.17 Å². The molecule has 2 heteroatoms. The highest BCUT2D eigenvalue weighted by Gasteiger charge is 2.01. The number of nitrogens with zero attached hydrogens (tertiary/aromatic N) is 1. The summed E-state index contributed by atoms with van der Waals surface area (Å²) < 4.78 is 0. The fourth-order valence-electron chi connectivity index (χ4n) is 0.800. The summed E-state index contributed by atoms with van der Waals surface area (Å²) >= 11 is 0. The largest absolute Gasteiger partial charge is 0.316 e. The summed E-state index contributed by atoms with van der Waals surface area (Å²) in [5, 5.41) is 0. The van der Waals surface area contributed by atoms with Crippen LogP contribution in [0.2, 0.25) is 0 Å². The molecule has 0 spiro atoms. The molecule has 0 radical (unpaired) electrons. The van der Waals surface area contributed by atoms with E-state index in [9.17, 15) is 0 Å². The van der Waals surface area contributed by atoms with Gasteiger partial charge in [-0.15, -0.1) is 0 Å². The molecule has 0 aromatic rings. The summed E-state index contributed by atoms with van der Waals surface area (Å²) in [5.74, 6) is 0. The van der Waals surface area contributed by atoms with E-state index in [0.29, 0.717) is 0 Å². The Balaban J connectivity index is 3.35. The molecule has 0 saturated heterocycles. The summed E-state index contributed by atoms with van der Waals surface area (Å²) in [6.45, 7) is 8.34. The maximum atomic E-state index is 5.58. The average Bonchev–Trinajstić information content (AvgIpc) is 1.69. The Morgan fingerprint density at radius 3 is 1.75 bits per heavy atom. The summed E-state index contributed by atoms with van der Waals surface area (Å²) in [6, 6.07) is 0. The van der Waals surface area contributed by atoms with Crippen LogP contribution in [0, 0.1) is 0 Å². The maximum Gasteiger partial charge on any atom is 0.0542 e. The third-order valence-electron chi connectivity index (χ3n) is 1.39. The van der Waals surface area contributed by atoms with Gasteiger partial charge in [-0.2, -0.15) is 0 Å². The van der Waals surface area contributed by atoms with Crippen LogP contribution in [0.5, 0.6) is 0 Å². The predicted octanol–water partition coefficient (Wildman–Crippen LogP) is 0.633. The zero-order valence-electron chi connectivity index (χ0n) is 6.02. The molecule has 0 aliphatic carbocycles. The van der Waals surface area contributed by atoms with Crippen LogP contribution in [0.3, 0.4) is 0 Å². The summed E-state index contributed by atoms with van der Waals surface area (Å²) in [4.78, 5) is 2.19. The molecule has 0 aliphatic rings. The third-order valence-corrected chi connectivity index (χ3v) is 1.39. The van der Waals surface area contributed by atoms with Gasteiger partial charge in [-0.1, -0.05) is 13.8 Å². The van der Waals surface area contributed by atoms with Crippen molar-refractivity contribution in [1.82, 2.24) is 4.90 Å². The summed E-state index contributed by atoms with van der Waals surface area (Å²) in [6.07, 6.45) is 0.213. The standard InChI is InChI=1S/C6H16N2/c1-4-8(5-2)6(3)7/h6H,4-5,7H2,1-3H3/t6-/m0/s1. The molecule has 0 bridgehead atoms. The quantitative estimate of drug-likeness (QED) is 0.548. The molecule has 8 heavy (non-hydrogen) atoms. The Kier molecular flexibility index (Phi) is 3.83. The van der Waals surface area contributed by atoms with Gasteiger partial charge >= 0.3 is 0 Å². The molecular weight excluding hydrogens is 100 g/mol. The van der Waals surface area contributed by atoms with E-state index >= 15 is 0 Å². The van der Waals surface area contributed by atoms with Crippen molar-refractivity contribution >= 4 is 0 Å². The van der Waals surface area contributed by atoms with Crippen molar-refractivity contribution in [2.24, 2.45) is 5.73 Å². The lowest BCUT2D eigenvalue weighted by Gasteiger charge is -2.21. The second kappa shape index (κ2) is 3.87. The smallest absolute Gasteiger partial charge is 0.0542 e. The van der Waals surface area contributed by atoms with Gasteiger partial charge < -0.3 is 5.73 Å². The monoisotopic (exact) mass is 116 g/mol. The molecule has 0 aliphatic heterocycles. The molecule has 0 amide bonds. The topological polar surface area (TPSA) is 29.3 Å². The van der Waals surface area contributed by atoms with Gasteiger partial charge in [-0.3, -0.25) is 4.90 Å². The van der Waals surface area contributed by atoms with Crippen LogP contribution in [0.15, 0.2) is 0 Å². The number of hydrogen-bond donors (Lipinski definition) is 1. The molecule has 50 valence electrons. The number of hydrogen-bond acceptors (Lipinski definition) is 2. The van der Waals surface area contributed by atoms with Crippen LogP contribution >= 0.6 is 0 Å². The van der Waals surface area contributed by atoms with Crippen molar-refractivity contribution in [3.8, 4) is 0 Å². The summed E-state index contributed by atoms with van der Waals surface area (Å²) in [7, 11) is 0. The molecule has 0 saturated carbocycles. The molecular formula is C6H16N2. The highest BCUT2D eigenvalue weighted by atomic mass is 15.2. The van der Waals surface area contributed by atoms with Crippen LogP contribution in [0.25, 0.3) is 0 Å². The molecule has 2 N–H and O–H groups in total. The average molecular weight is 116 g/mol. The first-order chi connectivity index (χ1) is 3.72. The third kappa shape index (κ3) is 2.28. The van der Waals surface area contributed by atoms with Crippen molar-refractivity contribution in [3.05, 3.63) is 0 Å². The van der Waals surface area contributed by atoms with Gasteiger partial charge in [-0.05, 0) is 20.0 Å². The highest BCUT2D eigenvalue weighted by molar-refractivity contribution is 4.54. The van der Waals surface area contributed by atoms with Crippen molar-refractivity contribution in [2.45, 2.75) is 26.9 Å². The molecule has 0 heterocycles. The van der Waals surface area contributed by atoms with E-state index in [4.69, 9.17) is 5.73 Å². The minimum Gasteiger partial charge on any atom is -0.316 e. The van der Waals surface area contributed by atoms with Crippen molar-refractivity contribution < 1.29 is 0 Å². The van der Waals surface area contributed by atoms with E-state index in [1.165, 1.54) is 0 Å². The zero-order valence-corrected chi connectivity index (χ0v) is 6.02. The maximum absolute atomic E-state index is 5.58. The Bertz CT molecular complexity index is 48.5. The highest BCUT2D eigenvalue weighted by Crippen LogP contribution is 1.88. The lowest BCUT2D eigenvalue weighted by Crippen LogP contribution is -2.39. The van der Waals surface area contributed by atoms with Crippen LogP contribution in [-0.2, 0) is 0 Å². The first-order valence-corrected chi connectivity index (χ1v) is 3.22. The lowest BCUT2D eigenvalue weighted by atomic mass is 10.4. The van der Waals surface area contributed by atoms with Gasteiger partial charge in [0.2, 0.25) is 0 Å². The van der Waals surface area contributed by atoms with Crippen LogP contribution < -0.4 is 5.73 Å². The number of nitrogens with two attached hydrogens (primary N) is 1. The van der Waals surface area contributed by atoms with Gasteiger partial charge in [0, 0.05) is 0 Å². The SMILES string of the molecule is CCN(CC)[C@@H](C)N. The van der Waals surface area contributed by atoms with Gasteiger partial charge in [0.15, 0.2) is 0 Å². The van der Waals surface area contributed by atoms with Gasteiger partial charge in [0.25, 0.3) is 0 Å². The molecule has 0 rings (SSSR count). The second-order valence-corrected chi connectivity index (χ2v) is 1.96. The first-order valence-electron chi connectivity index (χ1n) is 3.22. The second-order valence-electron chi connectivity index (χ2n) is 1.96. The first kappa shape index (κ1) is 7.92. The van der Waals surface area contributed by atoms with Crippen molar-refractivity contribution in [2.75, 3.05) is 13.1 Å². The van der Waals surface area contributed by atoms with Gasteiger partial charge in [-0.25, -0.2) is 0 Å². The molecule has 0 aromatic heterocycles. The van der Waals surface area contributed by atoms with Crippen LogP contribution in [-0.4, -0.2) is 24.2 Å². The van der Waals surface area contributed by atoms with Crippen LogP contribution in [0.1, 0.15) is 20.8 Å². The van der Waals surface area contributed by atoms with Crippen LogP contribution in [0.4, 0.5) is 0 Å². The van der Waals surface area contributed by atoms with Crippen molar-refractivity contribution in [3.63, 3.8) is 0 Å². The van der Waals surface area contributed by atoms with E-state index in [2.05, 4.69) is 18.7 Å². The van der Waals surface area contributed by atoms with Gasteiger partial charge in [0.1, 0.15) is 0 Å². The number of rotatable bonds is 3. The Morgan fingerprint density at radius 2 is 1.75 bits per heavy atom. The zero-order chi connectivity index (χ0) is 6.57. The summed E-state index contributed by atoms with van der Waals surface area (Å²) in [5.41, 5.74) is 5.58. The predicted molar refractivity (Wildman–Crippen MR) is 36.6 cm³/mol. The van der Waals surface area contributed by atoms with E-state index in [1.807, 2.05) is 6.92 Å².